The van der Waals surface area contributed by atoms with Crippen molar-refractivity contribution in [1.82, 2.24) is 4.90 Å². The fourth-order valence-corrected chi connectivity index (χ4v) is 3.17. The van der Waals surface area contributed by atoms with E-state index in [0.717, 1.165) is 0 Å². The topological polar surface area (TPSA) is 72.9 Å². The zero-order valence-electron chi connectivity index (χ0n) is 10.9. The molecule has 1 unspecified atom stereocenters. The summed E-state index contributed by atoms with van der Waals surface area (Å²) in [5, 5.41) is -0.321. The Morgan fingerprint density at radius 2 is 2.05 bits per heavy atom. The van der Waals surface area contributed by atoms with Crippen LogP contribution in [0, 0.1) is 0 Å². The molecule has 1 aliphatic heterocycles. The first-order valence-corrected chi connectivity index (χ1v) is 6.89. The molecule has 1 aliphatic rings. The van der Waals surface area contributed by atoms with Crippen molar-refractivity contribution in [1.29, 1.82) is 0 Å². The first kappa shape index (κ1) is 15.9. The van der Waals surface area contributed by atoms with Crippen LogP contribution in [0.2, 0.25) is 0 Å². The molecule has 2 atom stereocenters. The molecule has 0 aliphatic carbocycles. The number of hydrogen-bond acceptors (Lipinski definition) is 7. The van der Waals surface area contributed by atoms with Gasteiger partial charge in [0.2, 0.25) is 5.91 Å². The van der Waals surface area contributed by atoms with Crippen molar-refractivity contribution in [3.8, 4) is 0 Å². The zero-order valence-corrected chi connectivity index (χ0v) is 12.5. The summed E-state index contributed by atoms with van der Waals surface area (Å²) in [6.07, 6.45) is 0.139. The van der Waals surface area contributed by atoms with Gasteiger partial charge in [-0.15, -0.1) is 0 Å². The van der Waals surface area contributed by atoms with Gasteiger partial charge in [0.25, 0.3) is 0 Å². The van der Waals surface area contributed by atoms with Crippen LogP contribution in [0.5, 0.6) is 0 Å². The first-order valence-electron chi connectivity index (χ1n) is 5.60. The molecule has 0 N–H and O–H groups in total. The molecule has 1 heterocycles. The Bertz CT molecular complexity index is 412. The van der Waals surface area contributed by atoms with Gasteiger partial charge in [-0.05, 0) is 13.3 Å². The molecule has 0 bridgehead atoms. The number of hydrogen-bond donors (Lipinski definition) is 0. The van der Waals surface area contributed by atoms with Gasteiger partial charge < -0.3 is 9.47 Å². The minimum atomic E-state index is -0.874. The molecule has 1 fully saturated rings. The molecule has 1 saturated heterocycles. The highest BCUT2D eigenvalue weighted by Gasteiger charge is 2.41. The van der Waals surface area contributed by atoms with Gasteiger partial charge in [0, 0.05) is 6.42 Å². The number of carbonyl (C=O) groups excluding carboxylic acids is 3. The highest BCUT2D eigenvalue weighted by Crippen LogP contribution is 2.30. The van der Waals surface area contributed by atoms with Crippen LogP contribution in [0.25, 0.3) is 0 Å². The second-order valence-corrected chi connectivity index (χ2v) is 5.86. The lowest BCUT2D eigenvalue weighted by Gasteiger charge is -2.24. The van der Waals surface area contributed by atoms with Crippen molar-refractivity contribution in [2.75, 3.05) is 14.2 Å². The smallest absolute Gasteiger partial charge is 0.329 e. The highest BCUT2D eigenvalue weighted by atomic mass is 32.2. The van der Waals surface area contributed by atoms with E-state index in [1.807, 2.05) is 0 Å². The van der Waals surface area contributed by atoms with Crippen LogP contribution in [0.15, 0.2) is 0 Å². The lowest BCUT2D eigenvalue weighted by molar-refractivity contribution is -0.150. The molecule has 0 aromatic heterocycles. The number of nitrogens with zero attached hydrogens (tertiary/aromatic N) is 1. The van der Waals surface area contributed by atoms with Crippen LogP contribution in [-0.2, 0) is 23.9 Å². The van der Waals surface area contributed by atoms with Gasteiger partial charge >= 0.3 is 11.9 Å². The summed E-state index contributed by atoms with van der Waals surface area (Å²) in [7, 11) is 2.49. The van der Waals surface area contributed by atoms with Gasteiger partial charge in [0.15, 0.2) is 0 Å². The third-order valence-corrected chi connectivity index (χ3v) is 4.13. The number of amides is 1. The summed E-state index contributed by atoms with van der Waals surface area (Å²) in [6.45, 7) is 1.72. The minimum Gasteiger partial charge on any atom is -0.469 e. The van der Waals surface area contributed by atoms with Crippen molar-refractivity contribution >= 4 is 46.1 Å². The van der Waals surface area contributed by atoms with E-state index in [9.17, 15) is 14.4 Å². The van der Waals surface area contributed by atoms with Gasteiger partial charge in [0.05, 0.1) is 19.5 Å². The molecule has 0 saturated carbocycles. The van der Waals surface area contributed by atoms with E-state index in [1.54, 1.807) is 6.92 Å². The normalized spacial score (nSPS) is 20.4. The lowest BCUT2D eigenvalue weighted by atomic mass is 10.1. The van der Waals surface area contributed by atoms with Crippen LogP contribution in [0.1, 0.15) is 19.8 Å². The minimum absolute atomic E-state index is 0.0156. The van der Waals surface area contributed by atoms with Crippen LogP contribution in [0.3, 0.4) is 0 Å². The Labute approximate surface area is 120 Å². The molecule has 1 amide bonds. The quantitative estimate of drug-likeness (QED) is 0.547. The van der Waals surface area contributed by atoms with Crippen molar-refractivity contribution in [3.63, 3.8) is 0 Å². The summed E-state index contributed by atoms with van der Waals surface area (Å²) < 4.78 is 9.52. The lowest BCUT2D eigenvalue weighted by Crippen LogP contribution is -2.45. The maximum atomic E-state index is 12.0. The summed E-state index contributed by atoms with van der Waals surface area (Å²) in [6, 6.07) is -0.874. The summed E-state index contributed by atoms with van der Waals surface area (Å²) in [5.74, 6) is -1.28. The number of thioether (sulfide) groups is 1. The summed E-state index contributed by atoms with van der Waals surface area (Å²) in [4.78, 5) is 36.1. The van der Waals surface area contributed by atoms with Gasteiger partial charge in [-0.3, -0.25) is 14.5 Å². The molecule has 1 rings (SSSR count). The predicted octanol–water partition coefficient (Wildman–Crippen LogP) is 0.730. The fraction of sp³-hybridized carbons (Fsp3) is 0.636. The standard InChI is InChI=1S/C11H15NO5S2/c1-6-9(14)12(11(18)19-6)7(10(15)17-3)4-5-8(13)16-2/h6-7H,4-5H2,1-3H3/t6-,7?/m1/s1. The number of esters is 2. The molecule has 19 heavy (non-hydrogen) atoms. The van der Waals surface area contributed by atoms with Crippen molar-refractivity contribution in [2.24, 2.45) is 0 Å². The van der Waals surface area contributed by atoms with E-state index >= 15 is 0 Å². The largest absolute Gasteiger partial charge is 0.469 e. The fourth-order valence-electron chi connectivity index (χ4n) is 1.67. The Hall–Kier alpha value is -1.15. The van der Waals surface area contributed by atoms with E-state index in [2.05, 4.69) is 9.47 Å². The van der Waals surface area contributed by atoms with Gasteiger partial charge in [0.1, 0.15) is 10.4 Å². The van der Waals surface area contributed by atoms with E-state index in [1.165, 1.54) is 30.9 Å². The van der Waals surface area contributed by atoms with Crippen molar-refractivity contribution in [3.05, 3.63) is 0 Å². The van der Waals surface area contributed by atoms with Crippen molar-refractivity contribution < 1.29 is 23.9 Å². The average molecular weight is 305 g/mol. The molecule has 6 nitrogen and oxygen atoms in total. The van der Waals surface area contributed by atoms with Crippen LogP contribution < -0.4 is 0 Å². The zero-order chi connectivity index (χ0) is 14.6. The number of thiocarbonyl (C=S) groups is 1. The summed E-state index contributed by atoms with van der Waals surface area (Å²) in [5.41, 5.74) is 0. The Balaban J connectivity index is 2.85. The molecular formula is C11H15NO5S2. The molecule has 0 aromatic rings. The molecule has 0 aromatic carbocycles. The van der Waals surface area contributed by atoms with E-state index in [0.29, 0.717) is 4.32 Å². The molecule has 8 heteroatoms. The van der Waals surface area contributed by atoms with E-state index < -0.39 is 18.0 Å². The van der Waals surface area contributed by atoms with Crippen molar-refractivity contribution in [2.45, 2.75) is 31.1 Å². The Morgan fingerprint density at radius 3 is 2.47 bits per heavy atom. The Morgan fingerprint density at radius 1 is 1.42 bits per heavy atom. The molecular weight excluding hydrogens is 290 g/mol. The maximum absolute atomic E-state index is 12.0. The number of methoxy groups -OCH3 is 2. The van der Waals surface area contributed by atoms with E-state index in [4.69, 9.17) is 12.2 Å². The third-order valence-electron chi connectivity index (χ3n) is 2.69. The van der Waals surface area contributed by atoms with Gasteiger partial charge in [-0.2, -0.15) is 0 Å². The predicted molar refractivity (Wildman–Crippen MR) is 73.6 cm³/mol. The SMILES string of the molecule is COC(=O)CCC(C(=O)OC)N1C(=O)[C@@H](C)SC1=S. The second-order valence-electron chi connectivity index (χ2n) is 3.89. The maximum Gasteiger partial charge on any atom is 0.329 e. The third kappa shape index (κ3) is 3.66. The van der Waals surface area contributed by atoms with Crippen LogP contribution >= 0.6 is 24.0 Å². The summed E-state index contributed by atoms with van der Waals surface area (Å²) >= 11 is 6.31. The van der Waals surface area contributed by atoms with E-state index in [-0.39, 0.29) is 24.0 Å². The number of ether oxygens (including phenoxy) is 2. The number of rotatable bonds is 5. The molecule has 0 spiro atoms. The van der Waals surface area contributed by atoms with Crippen LogP contribution in [0.4, 0.5) is 0 Å². The molecule has 106 valence electrons. The van der Waals surface area contributed by atoms with Gasteiger partial charge in [-0.25, -0.2) is 4.79 Å². The monoisotopic (exact) mass is 305 g/mol. The Kier molecular flexibility index (Phi) is 5.74. The second kappa shape index (κ2) is 6.85. The highest BCUT2D eigenvalue weighted by molar-refractivity contribution is 8.24. The van der Waals surface area contributed by atoms with Crippen LogP contribution in [-0.4, -0.2) is 52.6 Å². The molecule has 0 radical (unpaired) electrons. The first-order chi connectivity index (χ1) is 8.92. The van der Waals surface area contributed by atoms with Gasteiger partial charge in [-0.1, -0.05) is 24.0 Å². The average Bonchev–Trinajstić information content (AvgIpc) is 2.64. The number of carbonyl (C=O) groups is 3.